The highest BCUT2D eigenvalue weighted by molar-refractivity contribution is 5.94. The molecular weight excluding hydrogens is 231 g/mol. The summed E-state index contributed by atoms with van der Waals surface area (Å²) in [5.74, 6) is -1.80. The van der Waals surface area contributed by atoms with Crippen LogP contribution in [0.25, 0.3) is 0 Å². The summed E-state index contributed by atoms with van der Waals surface area (Å²) in [6.45, 7) is 1.51. The minimum absolute atomic E-state index is 0.204. The van der Waals surface area contributed by atoms with Crippen molar-refractivity contribution in [1.29, 1.82) is 0 Å². The molecule has 0 aromatic carbocycles. The van der Waals surface area contributed by atoms with Crippen LogP contribution in [0.4, 0.5) is 13.2 Å². The fourth-order valence-electron chi connectivity index (χ4n) is 2.07. The van der Waals surface area contributed by atoms with Crippen molar-refractivity contribution in [2.45, 2.75) is 57.7 Å². The van der Waals surface area contributed by atoms with E-state index in [-0.39, 0.29) is 6.04 Å². The van der Waals surface area contributed by atoms with Crippen molar-refractivity contribution in [1.82, 2.24) is 5.32 Å². The zero-order valence-electron chi connectivity index (χ0n) is 9.94. The van der Waals surface area contributed by atoms with Gasteiger partial charge in [0.2, 0.25) is 0 Å². The Morgan fingerprint density at radius 1 is 1.18 bits per heavy atom. The van der Waals surface area contributed by atoms with Crippen molar-refractivity contribution in [3.05, 3.63) is 11.8 Å². The van der Waals surface area contributed by atoms with E-state index in [0.717, 1.165) is 25.7 Å². The fourth-order valence-corrected chi connectivity index (χ4v) is 2.07. The van der Waals surface area contributed by atoms with Crippen LogP contribution in [0.5, 0.6) is 0 Å². The Hall–Kier alpha value is -1.00. The second kappa shape index (κ2) is 6.07. The molecule has 98 valence electrons. The first-order valence-corrected chi connectivity index (χ1v) is 5.95. The maximum Gasteiger partial charge on any atom is 0.454 e. The molecule has 0 amide bonds. The van der Waals surface area contributed by atoms with E-state index in [1.165, 1.54) is 19.8 Å². The lowest BCUT2D eigenvalue weighted by Gasteiger charge is -2.17. The molecule has 0 saturated heterocycles. The van der Waals surface area contributed by atoms with Crippen molar-refractivity contribution in [2.24, 2.45) is 0 Å². The molecule has 2 nitrogen and oxygen atoms in total. The molecule has 1 fully saturated rings. The number of carbonyl (C=O) groups excluding carboxylic acids is 1. The highest BCUT2D eigenvalue weighted by atomic mass is 19.4. The molecule has 1 N–H and O–H groups in total. The van der Waals surface area contributed by atoms with Crippen LogP contribution in [0.15, 0.2) is 11.8 Å². The second-order valence-electron chi connectivity index (χ2n) is 4.52. The first-order valence-electron chi connectivity index (χ1n) is 5.95. The predicted molar refractivity (Wildman–Crippen MR) is 59.4 cm³/mol. The lowest BCUT2D eigenvalue weighted by molar-refractivity contribution is -0.165. The standard InChI is InChI=1S/C12H18F3NO/c1-9(8-11(17)12(13,14)15)16-10-6-4-2-3-5-7-10/h8,10,16H,2-7H2,1H3/b9-8+. The van der Waals surface area contributed by atoms with Crippen molar-refractivity contribution < 1.29 is 18.0 Å². The first-order chi connectivity index (χ1) is 7.89. The summed E-state index contributed by atoms with van der Waals surface area (Å²) >= 11 is 0. The monoisotopic (exact) mass is 249 g/mol. The van der Waals surface area contributed by atoms with Crippen LogP contribution >= 0.6 is 0 Å². The Bertz CT molecular complexity index is 289. The molecule has 0 aromatic heterocycles. The van der Waals surface area contributed by atoms with E-state index in [1.54, 1.807) is 0 Å². The van der Waals surface area contributed by atoms with Crippen molar-refractivity contribution >= 4 is 5.78 Å². The maximum absolute atomic E-state index is 12.0. The average Bonchev–Trinajstić information content (AvgIpc) is 2.44. The summed E-state index contributed by atoms with van der Waals surface area (Å²) in [6, 6.07) is 0.204. The Morgan fingerprint density at radius 2 is 1.71 bits per heavy atom. The minimum atomic E-state index is -4.77. The molecule has 1 aliphatic carbocycles. The molecule has 0 heterocycles. The molecule has 0 bridgehead atoms. The highest BCUT2D eigenvalue weighted by Gasteiger charge is 2.36. The van der Waals surface area contributed by atoms with Gasteiger partial charge in [0.1, 0.15) is 0 Å². The third kappa shape index (κ3) is 5.24. The van der Waals surface area contributed by atoms with Gasteiger partial charge >= 0.3 is 6.18 Å². The summed E-state index contributed by atoms with van der Waals surface area (Å²) in [7, 11) is 0. The molecular formula is C12H18F3NO. The van der Waals surface area contributed by atoms with Gasteiger partial charge in [-0.1, -0.05) is 25.7 Å². The first kappa shape index (κ1) is 14.1. The molecule has 1 rings (SSSR count). The summed E-state index contributed by atoms with van der Waals surface area (Å²) < 4.78 is 36.1. The number of carbonyl (C=O) groups is 1. The van der Waals surface area contributed by atoms with Gasteiger partial charge in [0.25, 0.3) is 5.78 Å². The summed E-state index contributed by atoms with van der Waals surface area (Å²) in [4.78, 5) is 10.7. The Balaban J connectivity index is 2.49. The van der Waals surface area contributed by atoms with Gasteiger partial charge in [0.05, 0.1) is 0 Å². The van der Waals surface area contributed by atoms with Crippen LogP contribution in [0.3, 0.4) is 0 Å². The Labute approximate surface area is 99.3 Å². The lowest BCUT2D eigenvalue weighted by Crippen LogP contribution is -2.28. The molecule has 1 aliphatic rings. The van der Waals surface area contributed by atoms with Crippen LogP contribution in [0.1, 0.15) is 45.4 Å². The van der Waals surface area contributed by atoms with Gasteiger partial charge in [-0.05, 0) is 19.8 Å². The summed E-state index contributed by atoms with van der Waals surface area (Å²) in [5, 5.41) is 3.00. The van der Waals surface area contributed by atoms with E-state index >= 15 is 0 Å². The van der Waals surface area contributed by atoms with Gasteiger partial charge in [-0.2, -0.15) is 13.2 Å². The minimum Gasteiger partial charge on any atom is -0.386 e. The number of halogens is 3. The zero-order chi connectivity index (χ0) is 12.9. The van der Waals surface area contributed by atoms with Gasteiger partial charge in [-0.3, -0.25) is 4.79 Å². The van der Waals surface area contributed by atoms with Gasteiger partial charge in [0, 0.05) is 17.8 Å². The quantitative estimate of drug-likeness (QED) is 0.614. The van der Waals surface area contributed by atoms with Crippen LogP contribution in [0, 0.1) is 0 Å². The van der Waals surface area contributed by atoms with E-state index in [4.69, 9.17) is 0 Å². The molecule has 5 heteroatoms. The number of alkyl halides is 3. The number of rotatable bonds is 3. The Kier molecular flexibility index (Phi) is 5.02. The topological polar surface area (TPSA) is 29.1 Å². The van der Waals surface area contributed by atoms with Gasteiger partial charge < -0.3 is 5.32 Å². The van der Waals surface area contributed by atoms with Crippen LogP contribution in [0.2, 0.25) is 0 Å². The predicted octanol–water partition coefficient (Wildman–Crippen LogP) is 3.33. The van der Waals surface area contributed by atoms with Gasteiger partial charge in [-0.25, -0.2) is 0 Å². The van der Waals surface area contributed by atoms with Gasteiger partial charge in [-0.15, -0.1) is 0 Å². The van der Waals surface area contributed by atoms with E-state index in [1.807, 2.05) is 0 Å². The number of hydrogen-bond acceptors (Lipinski definition) is 2. The van der Waals surface area contributed by atoms with Crippen molar-refractivity contribution in [3.63, 3.8) is 0 Å². The SMILES string of the molecule is C/C(=C\C(=O)C(F)(F)F)NC1CCCCCC1. The molecule has 0 aromatic rings. The number of ketones is 1. The number of nitrogens with one attached hydrogen (secondary N) is 1. The molecule has 0 atom stereocenters. The lowest BCUT2D eigenvalue weighted by atomic mass is 10.1. The second-order valence-corrected chi connectivity index (χ2v) is 4.52. The van der Waals surface area contributed by atoms with E-state index in [0.29, 0.717) is 11.8 Å². The molecule has 17 heavy (non-hydrogen) atoms. The maximum atomic E-state index is 12.0. The highest BCUT2D eigenvalue weighted by Crippen LogP contribution is 2.19. The smallest absolute Gasteiger partial charge is 0.386 e. The summed E-state index contributed by atoms with van der Waals surface area (Å²) in [5.41, 5.74) is 0.305. The third-order valence-corrected chi connectivity index (χ3v) is 2.91. The van der Waals surface area contributed by atoms with Crippen LogP contribution in [-0.4, -0.2) is 18.0 Å². The molecule has 0 aliphatic heterocycles. The van der Waals surface area contributed by atoms with Crippen molar-refractivity contribution in [2.75, 3.05) is 0 Å². The van der Waals surface area contributed by atoms with E-state index in [9.17, 15) is 18.0 Å². The average molecular weight is 249 g/mol. The molecule has 0 radical (unpaired) electrons. The van der Waals surface area contributed by atoms with E-state index < -0.39 is 12.0 Å². The normalized spacial score (nSPS) is 19.9. The zero-order valence-corrected chi connectivity index (χ0v) is 9.94. The summed E-state index contributed by atoms with van der Waals surface area (Å²) in [6.07, 6.45) is 2.36. The van der Waals surface area contributed by atoms with Gasteiger partial charge in [0.15, 0.2) is 0 Å². The molecule has 1 saturated carbocycles. The van der Waals surface area contributed by atoms with Crippen LogP contribution in [-0.2, 0) is 4.79 Å². The Morgan fingerprint density at radius 3 is 2.18 bits per heavy atom. The molecule has 0 unspecified atom stereocenters. The van der Waals surface area contributed by atoms with Crippen LogP contribution < -0.4 is 5.32 Å². The molecule has 0 spiro atoms. The number of hydrogen-bond donors (Lipinski definition) is 1. The fraction of sp³-hybridized carbons (Fsp3) is 0.750. The van der Waals surface area contributed by atoms with E-state index in [2.05, 4.69) is 5.32 Å². The number of allylic oxidation sites excluding steroid dienone is 2. The van der Waals surface area contributed by atoms with Crippen molar-refractivity contribution in [3.8, 4) is 0 Å². The third-order valence-electron chi connectivity index (χ3n) is 2.91. The largest absolute Gasteiger partial charge is 0.454 e.